The molecule has 48 heavy (non-hydrogen) atoms. The Morgan fingerprint density at radius 3 is 2.00 bits per heavy atom. The van der Waals surface area contributed by atoms with E-state index in [1.807, 2.05) is 80.6 Å². The van der Waals surface area contributed by atoms with Crippen molar-refractivity contribution in [2.45, 2.75) is 89.3 Å². The summed E-state index contributed by atoms with van der Waals surface area (Å²) in [6.45, 7) is 3.69. The van der Waals surface area contributed by atoms with Gasteiger partial charge in [0.25, 0.3) is 0 Å². The summed E-state index contributed by atoms with van der Waals surface area (Å²) < 4.78 is 28.8. The highest BCUT2D eigenvalue weighted by Gasteiger charge is 2.51. The Balaban J connectivity index is 1.30. The van der Waals surface area contributed by atoms with Crippen LogP contribution in [0.4, 0.5) is 5.69 Å². The topological polar surface area (TPSA) is 86.8 Å². The fraction of sp³-hybridized carbons (Fsp3) is 0.487. The Kier molecular flexibility index (Phi) is 10.4. The molecule has 0 radical (unpaired) electrons. The normalized spacial score (nSPS) is 24.1. The molecule has 0 aliphatic heterocycles. The lowest BCUT2D eigenvalue weighted by molar-refractivity contribution is -0.140. The summed E-state index contributed by atoms with van der Waals surface area (Å²) >= 11 is 3.48. The molecule has 1 N–H and O–H groups in total. The van der Waals surface area contributed by atoms with E-state index in [4.69, 9.17) is 0 Å². The lowest BCUT2D eigenvalue weighted by Crippen LogP contribution is -2.54. The minimum absolute atomic E-state index is 0.0830. The molecule has 0 spiro atoms. The minimum atomic E-state index is -3.83. The van der Waals surface area contributed by atoms with Crippen molar-refractivity contribution in [3.63, 3.8) is 0 Å². The van der Waals surface area contributed by atoms with Crippen LogP contribution in [0.1, 0.15) is 75.5 Å². The number of halogens is 1. The van der Waals surface area contributed by atoms with Gasteiger partial charge in [-0.1, -0.05) is 77.5 Å². The van der Waals surface area contributed by atoms with Crippen LogP contribution in [0.15, 0.2) is 83.3 Å². The quantitative estimate of drug-likeness (QED) is 0.201. The first-order chi connectivity index (χ1) is 22.9. The lowest BCUT2D eigenvalue weighted by atomic mass is 9.48. The van der Waals surface area contributed by atoms with Crippen molar-refractivity contribution >= 4 is 43.5 Å². The standard InChI is InChI=1S/C39H48BrN3O4S/c1-4-27(2)41-38(45)36(21-28-8-6-5-7-9-28)42(25-29-10-14-34(40)15-11-29)37(44)26-43(48(3,46)47)35-16-12-33(13-17-35)39-22-30-18-31(23-39)20-32(19-30)24-39/h5-17,27,30-32,36H,4,18-26H2,1-3H3,(H,41,45)/t27-,30?,31?,32?,36+,39?/m1/s1. The van der Waals surface area contributed by atoms with Gasteiger partial charge in [-0.25, -0.2) is 8.42 Å². The number of rotatable bonds is 13. The van der Waals surface area contributed by atoms with Gasteiger partial charge in [0.05, 0.1) is 11.9 Å². The highest BCUT2D eigenvalue weighted by atomic mass is 79.9. The summed E-state index contributed by atoms with van der Waals surface area (Å²) in [5, 5.41) is 3.08. The molecule has 7 nitrogen and oxygen atoms in total. The van der Waals surface area contributed by atoms with E-state index in [2.05, 4.69) is 33.4 Å². The number of carbonyl (C=O) groups excluding carboxylic acids is 2. The van der Waals surface area contributed by atoms with Crippen LogP contribution < -0.4 is 9.62 Å². The highest BCUT2D eigenvalue weighted by molar-refractivity contribution is 9.10. The largest absolute Gasteiger partial charge is 0.352 e. The van der Waals surface area contributed by atoms with Crippen molar-refractivity contribution in [1.82, 2.24) is 10.2 Å². The van der Waals surface area contributed by atoms with Gasteiger partial charge in [0, 0.05) is 23.5 Å². The van der Waals surface area contributed by atoms with E-state index in [1.165, 1.54) is 48.4 Å². The molecule has 4 aliphatic rings. The summed E-state index contributed by atoms with van der Waals surface area (Å²) in [6, 6.07) is 24.3. The highest BCUT2D eigenvalue weighted by Crippen LogP contribution is 2.60. The van der Waals surface area contributed by atoms with Crippen LogP contribution in [0.2, 0.25) is 0 Å². The third-order valence-electron chi connectivity index (χ3n) is 11.0. The summed E-state index contributed by atoms with van der Waals surface area (Å²) in [7, 11) is -3.83. The second-order valence-electron chi connectivity index (χ2n) is 14.7. The Morgan fingerprint density at radius 1 is 0.875 bits per heavy atom. The van der Waals surface area contributed by atoms with Crippen LogP contribution in [0.25, 0.3) is 0 Å². The maximum absolute atomic E-state index is 14.5. The zero-order valence-corrected chi connectivity index (χ0v) is 30.7. The van der Waals surface area contributed by atoms with Gasteiger partial charge in [0.1, 0.15) is 12.6 Å². The zero-order chi connectivity index (χ0) is 34.1. The Bertz CT molecular complexity index is 1660. The van der Waals surface area contributed by atoms with Crippen LogP contribution in [0.3, 0.4) is 0 Å². The minimum Gasteiger partial charge on any atom is -0.352 e. The molecule has 2 atom stereocenters. The second kappa shape index (κ2) is 14.4. The fourth-order valence-electron chi connectivity index (χ4n) is 8.84. The van der Waals surface area contributed by atoms with Gasteiger partial charge in [-0.05, 0) is 116 Å². The molecule has 4 aliphatic carbocycles. The molecule has 9 heteroatoms. The van der Waals surface area contributed by atoms with Crippen LogP contribution >= 0.6 is 15.9 Å². The maximum Gasteiger partial charge on any atom is 0.244 e. The number of carbonyl (C=O) groups is 2. The van der Waals surface area contributed by atoms with Crippen LogP contribution in [0.5, 0.6) is 0 Å². The van der Waals surface area contributed by atoms with Gasteiger partial charge in [0.15, 0.2) is 0 Å². The molecule has 0 unspecified atom stereocenters. The average molecular weight is 735 g/mol. The first-order valence-electron chi connectivity index (χ1n) is 17.4. The third kappa shape index (κ3) is 7.83. The van der Waals surface area contributed by atoms with Crippen molar-refractivity contribution < 1.29 is 18.0 Å². The maximum atomic E-state index is 14.5. The van der Waals surface area contributed by atoms with Gasteiger partial charge in [-0.15, -0.1) is 0 Å². The van der Waals surface area contributed by atoms with Crippen LogP contribution in [0, 0.1) is 17.8 Å². The van der Waals surface area contributed by atoms with Gasteiger partial charge in [-0.2, -0.15) is 0 Å². The monoisotopic (exact) mass is 733 g/mol. The van der Waals surface area contributed by atoms with Gasteiger partial charge in [0.2, 0.25) is 21.8 Å². The van der Waals surface area contributed by atoms with E-state index in [0.29, 0.717) is 12.1 Å². The number of sulfonamides is 1. The van der Waals surface area contributed by atoms with Gasteiger partial charge in [-0.3, -0.25) is 13.9 Å². The molecule has 4 fully saturated rings. The summed E-state index contributed by atoms with van der Waals surface area (Å²) in [6.07, 6.45) is 9.92. The average Bonchev–Trinajstić information content (AvgIpc) is 3.05. The molecule has 256 valence electrons. The smallest absolute Gasteiger partial charge is 0.244 e. The number of amides is 2. The Hall–Kier alpha value is -3.17. The number of nitrogens with zero attached hydrogens (tertiary/aromatic N) is 2. The number of benzene rings is 3. The number of nitrogens with one attached hydrogen (secondary N) is 1. The number of anilines is 1. The molecule has 4 saturated carbocycles. The molecular formula is C39H48BrN3O4S. The van der Waals surface area contributed by atoms with E-state index in [-0.39, 0.29) is 23.9 Å². The van der Waals surface area contributed by atoms with Crippen molar-refractivity contribution in [2.75, 3.05) is 17.1 Å². The lowest BCUT2D eigenvalue weighted by Gasteiger charge is -2.57. The van der Waals surface area contributed by atoms with E-state index >= 15 is 0 Å². The molecule has 3 aromatic rings. The second-order valence-corrected chi connectivity index (χ2v) is 17.5. The van der Waals surface area contributed by atoms with Gasteiger partial charge >= 0.3 is 0 Å². The third-order valence-corrected chi connectivity index (χ3v) is 12.7. The van der Waals surface area contributed by atoms with Crippen molar-refractivity contribution in [3.8, 4) is 0 Å². The molecule has 2 amide bonds. The molecular weight excluding hydrogens is 686 g/mol. The zero-order valence-electron chi connectivity index (χ0n) is 28.3. The first-order valence-corrected chi connectivity index (χ1v) is 20.0. The molecule has 0 heterocycles. The molecule has 4 bridgehead atoms. The summed E-state index contributed by atoms with van der Waals surface area (Å²) in [5.74, 6) is 1.72. The Morgan fingerprint density at radius 2 is 1.46 bits per heavy atom. The molecule has 0 aromatic heterocycles. The molecule has 7 rings (SSSR count). The predicted octanol–water partition coefficient (Wildman–Crippen LogP) is 7.24. The number of hydrogen-bond acceptors (Lipinski definition) is 4. The van der Waals surface area contributed by atoms with Crippen molar-refractivity contribution in [2.24, 2.45) is 17.8 Å². The van der Waals surface area contributed by atoms with E-state index < -0.39 is 28.5 Å². The van der Waals surface area contributed by atoms with Crippen molar-refractivity contribution in [3.05, 3.63) is 100 Å². The van der Waals surface area contributed by atoms with E-state index in [0.717, 1.165) is 46.0 Å². The van der Waals surface area contributed by atoms with Crippen LogP contribution in [-0.4, -0.2) is 50.0 Å². The fourth-order valence-corrected chi connectivity index (χ4v) is 9.95. The molecule has 0 saturated heterocycles. The van der Waals surface area contributed by atoms with Gasteiger partial charge < -0.3 is 10.2 Å². The van der Waals surface area contributed by atoms with E-state index in [1.54, 1.807) is 4.90 Å². The molecule has 3 aromatic carbocycles. The van der Waals surface area contributed by atoms with Crippen LogP contribution in [-0.2, 0) is 38.0 Å². The Labute approximate surface area is 294 Å². The van der Waals surface area contributed by atoms with E-state index in [9.17, 15) is 18.0 Å². The number of hydrogen-bond donors (Lipinski definition) is 1. The van der Waals surface area contributed by atoms with Crippen molar-refractivity contribution in [1.29, 1.82) is 0 Å². The summed E-state index contributed by atoms with van der Waals surface area (Å²) in [4.78, 5) is 29.9. The predicted molar refractivity (Wildman–Crippen MR) is 195 cm³/mol. The SMILES string of the molecule is CC[C@@H](C)NC(=O)[C@H](Cc1ccccc1)N(Cc1ccc(Br)cc1)C(=O)CN(c1ccc(C23CC4CC(CC(C4)C2)C3)cc1)S(C)(=O)=O. The first kappa shape index (κ1) is 34.7. The summed E-state index contributed by atoms with van der Waals surface area (Å²) in [5.41, 5.74) is 3.70.